The molecule has 38 heavy (non-hydrogen) atoms. The van der Waals surface area contributed by atoms with Gasteiger partial charge < -0.3 is 22.0 Å². The SMILES string of the molecule is C.C.C.C.C.C.CCC(C)c1ccc(C(=O)O)cc1.CCC(C)c1ccc(C[N+](CC)(CC)CC)cc1.[Cl-]. The van der Waals surface area contributed by atoms with Crippen LogP contribution in [-0.4, -0.2) is 35.2 Å². The third-order valence-corrected chi connectivity index (χ3v) is 7.03. The van der Waals surface area contributed by atoms with Gasteiger partial charge in [-0.15, -0.1) is 0 Å². The van der Waals surface area contributed by atoms with Crippen LogP contribution < -0.4 is 12.4 Å². The molecule has 0 amide bonds. The number of hydrogen-bond donors (Lipinski definition) is 1. The number of aromatic carboxylic acids is 1. The normalized spacial score (nSPS) is 10.7. The van der Waals surface area contributed by atoms with Crippen molar-refractivity contribution in [3.63, 3.8) is 0 Å². The van der Waals surface area contributed by atoms with Gasteiger partial charge in [-0.1, -0.05) is 109 Å². The van der Waals surface area contributed by atoms with Crippen molar-refractivity contribution in [1.82, 2.24) is 0 Å². The van der Waals surface area contributed by atoms with E-state index in [4.69, 9.17) is 5.11 Å². The summed E-state index contributed by atoms with van der Waals surface area (Å²) in [6.45, 7) is 20.6. The van der Waals surface area contributed by atoms with Gasteiger partial charge in [0.05, 0.1) is 25.2 Å². The number of benzene rings is 2. The Morgan fingerprint density at radius 3 is 1.24 bits per heavy atom. The van der Waals surface area contributed by atoms with Gasteiger partial charge >= 0.3 is 5.97 Å². The standard InChI is InChI=1S/C17H30N.C11H14O2.6CH4.ClH/c1-6-15(5)17-12-10-16(11-13-17)14-18(7-2,8-3)9-4;1-3-8(2)9-4-6-10(7-5-9)11(12)13;;;;;;;/h10-13,15H,6-9,14H2,1-5H3;4-8H,3H2,1-2H3,(H,12,13);6*1H4;1H/q+1;;;;;;;;/p-1. The molecule has 0 saturated heterocycles. The minimum atomic E-state index is -0.865. The highest BCUT2D eigenvalue weighted by Crippen LogP contribution is 2.21. The summed E-state index contributed by atoms with van der Waals surface area (Å²) in [7, 11) is 0. The van der Waals surface area contributed by atoms with Gasteiger partial charge in [0.25, 0.3) is 0 Å². The maximum atomic E-state index is 10.6. The predicted molar refractivity (Wildman–Crippen MR) is 173 cm³/mol. The van der Waals surface area contributed by atoms with E-state index >= 15 is 0 Å². The molecule has 0 radical (unpaired) electrons. The highest BCUT2D eigenvalue weighted by molar-refractivity contribution is 5.87. The maximum Gasteiger partial charge on any atom is 0.335 e. The van der Waals surface area contributed by atoms with E-state index in [0.29, 0.717) is 17.4 Å². The second-order valence-electron chi connectivity index (χ2n) is 8.74. The zero-order valence-electron chi connectivity index (χ0n) is 21.2. The number of hydrogen-bond acceptors (Lipinski definition) is 1. The average molecular weight is 558 g/mol. The Labute approximate surface area is 247 Å². The molecule has 0 bridgehead atoms. The fraction of sp³-hybridized carbons (Fsp3) is 0.618. The monoisotopic (exact) mass is 557 g/mol. The molecule has 2 atom stereocenters. The lowest BCUT2D eigenvalue weighted by Crippen LogP contribution is -3.00. The molecule has 0 aliphatic rings. The van der Waals surface area contributed by atoms with Crippen molar-refractivity contribution in [3.05, 3.63) is 70.8 Å². The zero-order valence-corrected chi connectivity index (χ0v) is 22.0. The van der Waals surface area contributed by atoms with E-state index in [9.17, 15) is 4.79 Å². The van der Waals surface area contributed by atoms with Crippen LogP contribution >= 0.6 is 0 Å². The Hall–Kier alpha value is -1.84. The molecule has 228 valence electrons. The van der Waals surface area contributed by atoms with Crippen LogP contribution in [0, 0.1) is 0 Å². The second-order valence-corrected chi connectivity index (χ2v) is 8.74. The summed E-state index contributed by atoms with van der Waals surface area (Å²) in [6, 6.07) is 16.4. The Balaban J connectivity index is -0.0000000880. The highest BCUT2D eigenvalue weighted by atomic mass is 35.5. The van der Waals surface area contributed by atoms with E-state index in [0.717, 1.165) is 6.42 Å². The summed E-state index contributed by atoms with van der Waals surface area (Å²) in [4.78, 5) is 10.6. The van der Waals surface area contributed by atoms with E-state index < -0.39 is 5.97 Å². The third kappa shape index (κ3) is 16.2. The largest absolute Gasteiger partial charge is 1.00 e. The zero-order chi connectivity index (χ0) is 23.4. The molecule has 2 rings (SSSR count). The molecular weight excluding hydrogens is 490 g/mol. The van der Waals surface area contributed by atoms with Gasteiger partial charge in [0.2, 0.25) is 0 Å². The molecule has 0 fully saturated rings. The number of carboxylic acids is 1. The van der Waals surface area contributed by atoms with Crippen molar-refractivity contribution in [2.45, 2.75) is 124 Å². The first-order chi connectivity index (χ1) is 14.7. The summed E-state index contributed by atoms with van der Waals surface area (Å²) in [6.07, 6.45) is 2.30. The van der Waals surface area contributed by atoms with Gasteiger partial charge in [0.15, 0.2) is 0 Å². The van der Waals surface area contributed by atoms with Crippen LogP contribution in [0.2, 0.25) is 0 Å². The molecule has 0 saturated carbocycles. The lowest BCUT2D eigenvalue weighted by atomic mass is 9.97. The van der Waals surface area contributed by atoms with Gasteiger partial charge in [-0.2, -0.15) is 0 Å². The summed E-state index contributed by atoms with van der Waals surface area (Å²) in [5, 5.41) is 8.67. The molecule has 2 aromatic rings. The van der Waals surface area contributed by atoms with Crippen molar-refractivity contribution in [2.24, 2.45) is 0 Å². The Morgan fingerprint density at radius 2 is 0.974 bits per heavy atom. The Bertz CT molecular complexity index is 760. The van der Waals surface area contributed by atoms with Crippen LogP contribution in [0.1, 0.15) is 145 Å². The summed E-state index contributed by atoms with van der Waals surface area (Å²) in [5.41, 5.74) is 4.51. The van der Waals surface area contributed by atoms with Crippen molar-refractivity contribution in [3.8, 4) is 0 Å². The molecule has 0 aliphatic carbocycles. The van der Waals surface area contributed by atoms with Gasteiger partial charge in [-0.3, -0.25) is 0 Å². The molecule has 2 unspecified atom stereocenters. The van der Waals surface area contributed by atoms with Crippen LogP contribution in [0.25, 0.3) is 0 Å². The highest BCUT2D eigenvalue weighted by Gasteiger charge is 2.21. The third-order valence-electron chi connectivity index (χ3n) is 7.03. The van der Waals surface area contributed by atoms with E-state index in [1.807, 2.05) is 12.1 Å². The number of halogens is 1. The average Bonchev–Trinajstić information content (AvgIpc) is 2.82. The van der Waals surface area contributed by atoms with Crippen LogP contribution in [0.3, 0.4) is 0 Å². The molecular formula is C34H68ClNO2. The van der Waals surface area contributed by atoms with Gasteiger partial charge in [-0.05, 0) is 68.7 Å². The van der Waals surface area contributed by atoms with Gasteiger partial charge in [-0.25, -0.2) is 4.79 Å². The Morgan fingerprint density at radius 1 is 0.658 bits per heavy atom. The number of carbonyl (C=O) groups is 1. The van der Waals surface area contributed by atoms with Gasteiger partial charge in [0.1, 0.15) is 6.54 Å². The number of carboxylic acid groups (broad SMARTS) is 1. The van der Waals surface area contributed by atoms with Crippen LogP contribution in [-0.2, 0) is 6.54 Å². The van der Waals surface area contributed by atoms with E-state index in [1.165, 1.54) is 53.8 Å². The van der Waals surface area contributed by atoms with E-state index in [1.54, 1.807) is 12.1 Å². The van der Waals surface area contributed by atoms with Crippen molar-refractivity contribution in [2.75, 3.05) is 19.6 Å². The summed E-state index contributed by atoms with van der Waals surface area (Å²) < 4.78 is 1.20. The fourth-order valence-corrected chi connectivity index (χ4v) is 3.77. The quantitative estimate of drug-likeness (QED) is 0.298. The molecule has 0 aromatic heterocycles. The smallest absolute Gasteiger partial charge is 0.335 e. The van der Waals surface area contributed by atoms with Crippen LogP contribution in [0.5, 0.6) is 0 Å². The molecule has 0 heterocycles. The fourth-order valence-electron chi connectivity index (χ4n) is 3.77. The van der Waals surface area contributed by atoms with E-state index in [-0.39, 0.29) is 57.0 Å². The number of quaternary nitrogens is 1. The van der Waals surface area contributed by atoms with Crippen LogP contribution in [0.4, 0.5) is 0 Å². The number of rotatable bonds is 10. The molecule has 0 spiro atoms. The minimum absolute atomic E-state index is 0. The first-order valence-electron chi connectivity index (χ1n) is 12.0. The topological polar surface area (TPSA) is 37.3 Å². The lowest BCUT2D eigenvalue weighted by Gasteiger charge is -2.36. The molecule has 3 nitrogen and oxygen atoms in total. The Kier molecular flexibility index (Phi) is 37.0. The van der Waals surface area contributed by atoms with Crippen LogP contribution in [0.15, 0.2) is 48.5 Å². The number of nitrogens with zero attached hydrogens (tertiary/aromatic N) is 1. The predicted octanol–water partition coefficient (Wildman–Crippen LogP) is 8.30. The minimum Gasteiger partial charge on any atom is -1.00 e. The first kappa shape index (κ1) is 52.6. The van der Waals surface area contributed by atoms with E-state index in [2.05, 4.69) is 72.7 Å². The van der Waals surface area contributed by atoms with Crippen molar-refractivity contribution >= 4 is 5.97 Å². The summed E-state index contributed by atoms with van der Waals surface area (Å²) in [5.74, 6) is 0.320. The molecule has 4 heteroatoms. The molecule has 0 aliphatic heterocycles. The molecule has 2 aromatic carbocycles. The first-order valence-corrected chi connectivity index (χ1v) is 12.0. The maximum absolute atomic E-state index is 10.6. The van der Waals surface area contributed by atoms with Crippen molar-refractivity contribution in [1.29, 1.82) is 0 Å². The van der Waals surface area contributed by atoms with Gasteiger partial charge in [0, 0.05) is 5.56 Å². The molecule has 1 N–H and O–H groups in total. The summed E-state index contributed by atoms with van der Waals surface area (Å²) >= 11 is 0. The van der Waals surface area contributed by atoms with Crippen molar-refractivity contribution < 1.29 is 26.8 Å². The lowest BCUT2D eigenvalue weighted by molar-refractivity contribution is -0.936. The second kappa shape index (κ2) is 26.8.